The smallest absolute Gasteiger partial charge is 0.229 e. The molecule has 0 amide bonds. The molecule has 2 N–H and O–H groups in total. The third kappa shape index (κ3) is 5.08. The number of hydrogen-bond acceptors (Lipinski definition) is 7. The van der Waals surface area contributed by atoms with E-state index in [2.05, 4.69) is 25.0 Å². The van der Waals surface area contributed by atoms with Crippen LogP contribution in [0.1, 0.15) is 0 Å². The molecule has 0 spiro atoms. The lowest BCUT2D eigenvalue weighted by atomic mass is 10.2. The third-order valence-corrected chi connectivity index (χ3v) is 4.91. The Balaban J connectivity index is 2.07. The van der Waals surface area contributed by atoms with E-state index in [9.17, 15) is 8.42 Å². The topological polar surface area (TPSA) is 101 Å². The molecule has 1 aromatic carbocycles. The summed E-state index contributed by atoms with van der Waals surface area (Å²) in [7, 11) is 2.11. The van der Waals surface area contributed by atoms with E-state index >= 15 is 0 Å². The van der Waals surface area contributed by atoms with Crippen LogP contribution < -0.4 is 14.8 Å². The monoisotopic (exact) mass is 438 g/mol. The maximum absolute atomic E-state index is 11.5. The average molecular weight is 439 g/mol. The van der Waals surface area contributed by atoms with E-state index in [0.29, 0.717) is 34.6 Å². The van der Waals surface area contributed by atoms with Gasteiger partial charge >= 0.3 is 0 Å². The van der Waals surface area contributed by atoms with E-state index in [1.807, 2.05) is 14.1 Å². The van der Waals surface area contributed by atoms with Gasteiger partial charge in [0.25, 0.3) is 0 Å². The highest BCUT2D eigenvalue weighted by molar-refractivity contribution is 7.92. The first-order chi connectivity index (χ1) is 13.7. The Kier molecular flexibility index (Phi) is 6.15. The van der Waals surface area contributed by atoms with Crippen LogP contribution in [-0.2, 0) is 10.0 Å². The van der Waals surface area contributed by atoms with Gasteiger partial charge in [0.05, 0.1) is 30.0 Å². The van der Waals surface area contributed by atoms with Gasteiger partial charge in [-0.05, 0) is 26.2 Å². The summed E-state index contributed by atoms with van der Waals surface area (Å²) in [5.41, 5.74) is 1.78. The van der Waals surface area contributed by atoms with E-state index < -0.39 is 10.0 Å². The molecular formula is C18H23ClN6O3S. The number of halogens is 1. The van der Waals surface area contributed by atoms with Gasteiger partial charge in [-0.15, -0.1) is 5.10 Å². The predicted octanol–water partition coefficient (Wildman–Crippen LogP) is 2.43. The highest BCUT2D eigenvalue weighted by Crippen LogP contribution is 2.32. The zero-order chi connectivity index (χ0) is 21.2. The van der Waals surface area contributed by atoms with Crippen molar-refractivity contribution in [3.63, 3.8) is 0 Å². The van der Waals surface area contributed by atoms with E-state index in [1.54, 1.807) is 35.1 Å². The molecule has 0 saturated heterocycles. The van der Waals surface area contributed by atoms with Gasteiger partial charge in [-0.1, -0.05) is 11.6 Å². The van der Waals surface area contributed by atoms with Gasteiger partial charge in [0.2, 0.25) is 10.0 Å². The molecule has 2 heterocycles. The molecular weight excluding hydrogens is 416 g/mol. The molecule has 3 aromatic rings. The van der Waals surface area contributed by atoms with Crippen molar-refractivity contribution in [2.24, 2.45) is 0 Å². The quantitative estimate of drug-likeness (QED) is 0.521. The Labute approximate surface area is 174 Å². The van der Waals surface area contributed by atoms with Gasteiger partial charge in [-0.25, -0.2) is 18.1 Å². The summed E-state index contributed by atoms with van der Waals surface area (Å²) in [6, 6.07) is 6.71. The van der Waals surface area contributed by atoms with Crippen LogP contribution >= 0.6 is 11.6 Å². The number of sulfonamides is 1. The number of fused-ring (bicyclic) bond motifs is 1. The van der Waals surface area contributed by atoms with Crippen LogP contribution in [0.25, 0.3) is 16.6 Å². The van der Waals surface area contributed by atoms with Crippen molar-refractivity contribution in [1.29, 1.82) is 0 Å². The number of likely N-dealkylation sites (N-methyl/N-ethyl adjacent to an activating group) is 1. The second-order valence-electron chi connectivity index (χ2n) is 6.78. The standard InChI is InChI=1S/C18H23ClN6O3S/c1-24(2)8-7-20-18-13-11-21-17(19)10-15(13)25(22-18)14-6-5-12(9-16(14)28-3)23-29(4,26)27/h5-6,9-11,23H,7-8H2,1-4H3,(H,20,22). The number of benzene rings is 1. The van der Waals surface area contributed by atoms with E-state index in [1.165, 1.54) is 7.11 Å². The van der Waals surface area contributed by atoms with Gasteiger partial charge in [-0.2, -0.15) is 0 Å². The Morgan fingerprint density at radius 3 is 2.69 bits per heavy atom. The van der Waals surface area contributed by atoms with Gasteiger partial charge in [0.1, 0.15) is 16.6 Å². The fraction of sp³-hybridized carbons (Fsp3) is 0.333. The number of pyridine rings is 1. The number of ether oxygens (including phenoxy) is 1. The summed E-state index contributed by atoms with van der Waals surface area (Å²) in [5, 5.41) is 9.15. The van der Waals surface area contributed by atoms with Crippen LogP contribution in [0.3, 0.4) is 0 Å². The normalized spacial score (nSPS) is 11.8. The zero-order valence-corrected chi connectivity index (χ0v) is 18.2. The van der Waals surface area contributed by atoms with Crippen molar-refractivity contribution in [3.05, 3.63) is 35.6 Å². The minimum atomic E-state index is -3.40. The Hall–Kier alpha value is -2.56. The van der Waals surface area contributed by atoms with E-state index in [-0.39, 0.29) is 0 Å². The fourth-order valence-corrected chi connectivity index (χ4v) is 3.54. The molecule has 0 bridgehead atoms. The molecule has 156 valence electrons. The molecule has 0 fully saturated rings. The molecule has 0 saturated carbocycles. The van der Waals surface area contributed by atoms with Crippen LogP contribution in [0.5, 0.6) is 5.75 Å². The molecule has 0 unspecified atom stereocenters. The second kappa shape index (κ2) is 8.44. The van der Waals surface area contributed by atoms with Crippen molar-refractivity contribution in [2.45, 2.75) is 0 Å². The highest BCUT2D eigenvalue weighted by atomic mass is 35.5. The van der Waals surface area contributed by atoms with Crippen molar-refractivity contribution in [3.8, 4) is 11.4 Å². The van der Waals surface area contributed by atoms with Crippen molar-refractivity contribution in [2.75, 3.05) is 50.6 Å². The van der Waals surface area contributed by atoms with Crippen LogP contribution in [-0.4, -0.2) is 68.6 Å². The van der Waals surface area contributed by atoms with Crippen molar-refractivity contribution < 1.29 is 13.2 Å². The minimum Gasteiger partial charge on any atom is -0.494 e. The van der Waals surface area contributed by atoms with E-state index in [0.717, 1.165) is 23.7 Å². The lowest BCUT2D eigenvalue weighted by molar-refractivity contribution is 0.412. The number of anilines is 2. The number of methoxy groups -OCH3 is 1. The third-order valence-electron chi connectivity index (χ3n) is 4.09. The van der Waals surface area contributed by atoms with Gasteiger partial charge in [-0.3, -0.25) is 4.72 Å². The number of hydrogen-bond donors (Lipinski definition) is 2. The number of aromatic nitrogens is 3. The molecule has 0 aliphatic rings. The fourth-order valence-electron chi connectivity index (χ4n) is 2.83. The van der Waals surface area contributed by atoms with Gasteiger partial charge in [0, 0.05) is 31.4 Å². The first kappa shape index (κ1) is 21.2. The molecule has 3 rings (SSSR count). The molecule has 0 radical (unpaired) electrons. The Morgan fingerprint density at radius 2 is 2.03 bits per heavy atom. The predicted molar refractivity (Wildman–Crippen MR) is 116 cm³/mol. The lowest BCUT2D eigenvalue weighted by Crippen LogP contribution is -2.21. The largest absolute Gasteiger partial charge is 0.494 e. The van der Waals surface area contributed by atoms with Crippen LogP contribution in [0.2, 0.25) is 5.15 Å². The Bertz CT molecular complexity index is 1130. The van der Waals surface area contributed by atoms with Crippen LogP contribution in [0, 0.1) is 0 Å². The van der Waals surface area contributed by atoms with Crippen molar-refractivity contribution >= 4 is 44.0 Å². The molecule has 0 aliphatic heterocycles. The van der Waals surface area contributed by atoms with Crippen LogP contribution in [0.4, 0.5) is 11.5 Å². The summed E-state index contributed by atoms with van der Waals surface area (Å²) in [5.74, 6) is 1.13. The number of nitrogens with one attached hydrogen (secondary N) is 2. The average Bonchev–Trinajstić information content (AvgIpc) is 2.97. The van der Waals surface area contributed by atoms with Crippen molar-refractivity contribution in [1.82, 2.24) is 19.7 Å². The molecule has 0 aliphatic carbocycles. The summed E-state index contributed by atoms with van der Waals surface area (Å²) in [4.78, 5) is 6.24. The summed E-state index contributed by atoms with van der Waals surface area (Å²) in [6.07, 6.45) is 2.76. The summed E-state index contributed by atoms with van der Waals surface area (Å²) >= 11 is 6.12. The molecule has 0 atom stereocenters. The van der Waals surface area contributed by atoms with Gasteiger partial charge < -0.3 is 15.0 Å². The van der Waals surface area contributed by atoms with Gasteiger partial charge in [0.15, 0.2) is 5.82 Å². The Morgan fingerprint density at radius 1 is 1.28 bits per heavy atom. The zero-order valence-electron chi connectivity index (χ0n) is 16.6. The maximum atomic E-state index is 11.5. The molecule has 9 nitrogen and oxygen atoms in total. The molecule has 11 heteroatoms. The molecule has 2 aromatic heterocycles. The summed E-state index contributed by atoms with van der Waals surface area (Å²) < 4.78 is 32.7. The summed E-state index contributed by atoms with van der Waals surface area (Å²) in [6.45, 7) is 1.54. The lowest BCUT2D eigenvalue weighted by Gasteiger charge is -2.12. The highest BCUT2D eigenvalue weighted by Gasteiger charge is 2.17. The SMILES string of the molecule is COc1cc(NS(C)(=O)=O)ccc1-n1nc(NCCN(C)C)c2cnc(Cl)cc21. The van der Waals surface area contributed by atoms with Crippen LogP contribution in [0.15, 0.2) is 30.5 Å². The first-order valence-electron chi connectivity index (χ1n) is 8.77. The number of rotatable bonds is 8. The first-order valence-corrected chi connectivity index (χ1v) is 11.0. The molecule has 29 heavy (non-hydrogen) atoms. The van der Waals surface area contributed by atoms with E-state index in [4.69, 9.17) is 16.3 Å². The maximum Gasteiger partial charge on any atom is 0.229 e. The number of nitrogens with zero attached hydrogens (tertiary/aromatic N) is 4. The minimum absolute atomic E-state index is 0.341. The second-order valence-corrected chi connectivity index (χ2v) is 8.91.